The number of likely N-dealkylation sites (tertiary alicyclic amines) is 1. The Morgan fingerprint density at radius 3 is 3.15 bits per heavy atom. The van der Waals surface area contributed by atoms with Crippen LogP contribution < -0.4 is 5.32 Å². The zero-order valence-corrected chi connectivity index (χ0v) is 11.9. The second kappa shape index (κ2) is 5.83. The second-order valence-electron chi connectivity index (χ2n) is 5.60. The van der Waals surface area contributed by atoms with Crippen LogP contribution in [0, 0.1) is 0 Å². The first kappa shape index (κ1) is 13.4. The Morgan fingerprint density at radius 1 is 1.55 bits per heavy atom. The summed E-state index contributed by atoms with van der Waals surface area (Å²) >= 11 is 0. The Labute approximate surface area is 118 Å². The number of aromatic amines is 1. The highest BCUT2D eigenvalue weighted by Gasteiger charge is 2.28. The van der Waals surface area contributed by atoms with E-state index in [2.05, 4.69) is 21.6 Å². The fourth-order valence-electron chi connectivity index (χ4n) is 2.62. The van der Waals surface area contributed by atoms with E-state index in [4.69, 9.17) is 4.74 Å². The van der Waals surface area contributed by atoms with Gasteiger partial charge in [0.25, 0.3) is 0 Å². The Kier molecular flexibility index (Phi) is 3.91. The first-order valence-corrected chi connectivity index (χ1v) is 7.45. The highest BCUT2D eigenvalue weighted by molar-refractivity contribution is 5.68. The molecule has 6 nitrogen and oxygen atoms in total. The van der Waals surface area contributed by atoms with Crippen LogP contribution in [-0.4, -0.2) is 46.9 Å². The van der Waals surface area contributed by atoms with Crippen molar-refractivity contribution in [1.29, 1.82) is 0 Å². The number of carbonyl (C=O) groups excluding carboxylic acids is 1. The van der Waals surface area contributed by atoms with Crippen LogP contribution >= 0.6 is 0 Å². The van der Waals surface area contributed by atoms with E-state index in [1.807, 2.05) is 6.92 Å². The molecule has 1 amide bonds. The number of H-pyrrole nitrogens is 1. The Balaban J connectivity index is 1.43. The maximum atomic E-state index is 11.6. The van der Waals surface area contributed by atoms with E-state index in [9.17, 15) is 4.79 Å². The van der Waals surface area contributed by atoms with E-state index < -0.39 is 0 Å². The zero-order chi connectivity index (χ0) is 13.9. The number of amides is 1. The number of nitrogens with zero attached hydrogens (tertiary/aromatic N) is 2. The molecule has 1 aliphatic heterocycles. The van der Waals surface area contributed by atoms with Gasteiger partial charge in [0.05, 0.1) is 12.3 Å². The molecule has 3 rings (SSSR count). The van der Waals surface area contributed by atoms with Gasteiger partial charge in [-0.05, 0) is 32.3 Å². The lowest BCUT2D eigenvalue weighted by molar-refractivity contribution is 0.115. The van der Waals surface area contributed by atoms with E-state index in [0.29, 0.717) is 18.6 Å². The van der Waals surface area contributed by atoms with Crippen LogP contribution in [0.25, 0.3) is 0 Å². The van der Waals surface area contributed by atoms with Crippen LogP contribution in [0.1, 0.15) is 43.5 Å². The average Bonchev–Trinajstić information content (AvgIpc) is 3.01. The van der Waals surface area contributed by atoms with Gasteiger partial charge in [0.15, 0.2) is 0 Å². The third kappa shape index (κ3) is 3.12. The van der Waals surface area contributed by atoms with Crippen LogP contribution in [0.15, 0.2) is 6.07 Å². The number of hydrogen-bond acceptors (Lipinski definition) is 4. The molecule has 6 heteroatoms. The van der Waals surface area contributed by atoms with E-state index in [1.54, 1.807) is 4.90 Å². The van der Waals surface area contributed by atoms with Gasteiger partial charge < -0.3 is 15.0 Å². The molecule has 1 aliphatic carbocycles. The summed E-state index contributed by atoms with van der Waals surface area (Å²) in [6.07, 6.45) is 3.32. The maximum Gasteiger partial charge on any atom is 0.409 e. The lowest BCUT2D eigenvalue weighted by atomic mass is 10.2. The number of rotatable bonds is 5. The van der Waals surface area contributed by atoms with Crippen molar-refractivity contribution in [3.8, 4) is 0 Å². The van der Waals surface area contributed by atoms with Crippen molar-refractivity contribution in [1.82, 2.24) is 20.4 Å². The largest absolute Gasteiger partial charge is 0.450 e. The summed E-state index contributed by atoms with van der Waals surface area (Å²) in [5.41, 5.74) is 2.32. The molecule has 110 valence electrons. The minimum absolute atomic E-state index is 0.200. The zero-order valence-electron chi connectivity index (χ0n) is 11.9. The third-order valence-corrected chi connectivity index (χ3v) is 3.94. The summed E-state index contributed by atoms with van der Waals surface area (Å²) in [5.74, 6) is 0.686. The van der Waals surface area contributed by atoms with E-state index >= 15 is 0 Å². The number of ether oxygens (including phenoxy) is 1. The lowest BCUT2D eigenvalue weighted by Gasteiger charge is -2.16. The topological polar surface area (TPSA) is 70.2 Å². The highest BCUT2D eigenvalue weighted by atomic mass is 16.6. The summed E-state index contributed by atoms with van der Waals surface area (Å²) in [6.45, 7) is 4.54. The normalized spacial score (nSPS) is 22.2. The molecular formula is C14H22N4O2. The van der Waals surface area contributed by atoms with Crippen molar-refractivity contribution in [2.75, 3.05) is 19.7 Å². The maximum absolute atomic E-state index is 11.6. The van der Waals surface area contributed by atoms with Gasteiger partial charge >= 0.3 is 6.09 Å². The van der Waals surface area contributed by atoms with Gasteiger partial charge in [0, 0.05) is 37.3 Å². The van der Waals surface area contributed by atoms with Gasteiger partial charge in [0.2, 0.25) is 0 Å². The summed E-state index contributed by atoms with van der Waals surface area (Å²) < 4.78 is 5.02. The van der Waals surface area contributed by atoms with Crippen molar-refractivity contribution in [3.63, 3.8) is 0 Å². The number of carbonyl (C=O) groups is 1. The first-order valence-electron chi connectivity index (χ1n) is 7.45. The van der Waals surface area contributed by atoms with Gasteiger partial charge in [-0.15, -0.1) is 0 Å². The summed E-state index contributed by atoms with van der Waals surface area (Å²) in [6, 6.07) is 2.50. The van der Waals surface area contributed by atoms with Gasteiger partial charge in [-0.1, -0.05) is 0 Å². The quantitative estimate of drug-likeness (QED) is 0.858. The molecule has 0 radical (unpaired) electrons. The van der Waals surface area contributed by atoms with Gasteiger partial charge in [-0.3, -0.25) is 5.10 Å². The molecule has 1 atom stereocenters. The molecule has 20 heavy (non-hydrogen) atoms. The van der Waals surface area contributed by atoms with Crippen LogP contribution in [0.5, 0.6) is 0 Å². The molecule has 0 unspecified atom stereocenters. The standard InChI is InChI=1S/C14H22N4O2/c1-2-20-14(19)18-6-5-11(9-18)15-8-12-7-13(17-16-12)10-3-4-10/h7,10-11,15H,2-6,8-9H2,1H3,(H,16,17)/t11-/m1/s1. The van der Waals surface area contributed by atoms with Crippen molar-refractivity contribution >= 4 is 6.09 Å². The van der Waals surface area contributed by atoms with Crippen LogP contribution in [0.4, 0.5) is 4.79 Å². The van der Waals surface area contributed by atoms with E-state index in [-0.39, 0.29) is 6.09 Å². The first-order chi connectivity index (χ1) is 9.76. The van der Waals surface area contributed by atoms with Gasteiger partial charge in [-0.2, -0.15) is 5.10 Å². The molecule has 1 saturated heterocycles. The predicted molar refractivity (Wildman–Crippen MR) is 74.4 cm³/mol. The van der Waals surface area contributed by atoms with E-state index in [0.717, 1.165) is 31.7 Å². The molecule has 2 aliphatic rings. The number of nitrogens with one attached hydrogen (secondary N) is 2. The molecule has 0 spiro atoms. The lowest BCUT2D eigenvalue weighted by Crippen LogP contribution is -2.35. The van der Waals surface area contributed by atoms with Crippen molar-refractivity contribution in [2.45, 2.75) is 44.7 Å². The van der Waals surface area contributed by atoms with Crippen molar-refractivity contribution in [2.24, 2.45) is 0 Å². The third-order valence-electron chi connectivity index (χ3n) is 3.94. The van der Waals surface area contributed by atoms with Crippen LogP contribution in [0.3, 0.4) is 0 Å². The minimum atomic E-state index is -0.200. The molecule has 0 aromatic carbocycles. The average molecular weight is 278 g/mol. The van der Waals surface area contributed by atoms with Gasteiger partial charge in [0.1, 0.15) is 0 Å². The molecule has 1 saturated carbocycles. The van der Waals surface area contributed by atoms with Crippen LogP contribution in [-0.2, 0) is 11.3 Å². The Morgan fingerprint density at radius 2 is 2.40 bits per heavy atom. The molecule has 1 aromatic heterocycles. The predicted octanol–water partition coefficient (Wildman–Crippen LogP) is 1.61. The summed E-state index contributed by atoms with van der Waals surface area (Å²) in [4.78, 5) is 13.4. The molecule has 0 bridgehead atoms. The molecule has 2 N–H and O–H groups in total. The SMILES string of the molecule is CCOC(=O)N1CC[C@@H](NCc2cc(C3CC3)n[nH]2)C1. The smallest absolute Gasteiger partial charge is 0.409 e. The van der Waals surface area contributed by atoms with Crippen molar-refractivity contribution in [3.05, 3.63) is 17.5 Å². The molecule has 2 heterocycles. The Bertz CT molecular complexity index is 469. The number of aromatic nitrogens is 2. The van der Waals surface area contributed by atoms with Crippen molar-refractivity contribution < 1.29 is 9.53 Å². The minimum Gasteiger partial charge on any atom is -0.450 e. The van der Waals surface area contributed by atoms with E-state index in [1.165, 1.54) is 18.5 Å². The highest BCUT2D eigenvalue weighted by Crippen LogP contribution is 2.38. The summed E-state index contributed by atoms with van der Waals surface area (Å²) in [7, 11) is 0. The fraction of sp³-hybridized carbons (Fsp3) is 0.714. The molecule has 2 fully saturated rings. The second-order valence-corrected chi connectivity index (χ2v) is 5.60. The monoisotopic (exact) mass is 278 g/mol. The molecule has 1 aromatic rings. The van der Waals surface area contributed by atoms with Crippen LogP contribution in [0.2, 0.25) is 0 Å². The Hall–Kier alpha value is -1.56. The molecular weight excluding hydrogens is 256 g/mol. The van der Waals surface area contributed by atoms with Gasteiger partial charge in [-0.25, -0.2) is 4.79 Å². The number of hydrogen-bond donors (Lipinski definition) is 2. The summed E-state index contributed by atoms with van der Waals surface area (Å²) in [5, 5.41) is 10.9. The fourth-order valence-corrected chi connectivity index (χ4v) is 2.62.